The van der Waals surface area contributed by atoms with Crippen LogP contribution in [0.4, 0.5) is 5.69 Å². The normalized spacial score (nSPS) is 29.1. The van der Waals surface area contributed by atoms with Crippen LogP contribution < -0.4 is 4.90 Å². The number of benzene rings is 2. The van der Waals surface area contributed by atoms with Gasteiger partial charge in [0.25, 0.3) is 5.91 Å². The third-order valence-corrected chi connectivity index (χ3v) is 9.80. The Morgan fingerprint density at radius 2 is 1.86 bits per heavy atom. The van der Waals surface area contributed by atoms with Crippen LogP contribution in [0.15, 0.2) is 67.8 Å². The van der Waals surface area contributed by atoms with Gasteiger partial charge in [0, 0.05) is 25.4 Å². The van der Waals surface area contributed by atoms with Crippen molar-refractivity contribution in [1.82, 2.24) is 4.90 Å². The van der Waals surface area contributed by atoms with E-state index in [4.69, 9.17) is 9.47 Å². The summed E-state index contributed by atoms with van der Waals surface area (Å²) in [4.78, 5) is 46.2. The Morgan fingerprint density at radius 3 is 2.58 bits per heavy atom. The maximum absolute atomic E-state index is 14.8. The summed E-state index contributed by atoms with van der Waals surface area (Å²) >= 11 is 0. The number of hydrogen-bond donors (Lipinski definition) is 1. The molecule has 3 aliphatic rings. The number of ether oxygens (including phenoxy) is 2. The largest absolute Gasteiger partial charge is 0.465 e. The van der Waals surface area contributed by atoms with Gasteiger partial charge in [0.2, 0.25) is 5.91 Å². The van der Waals surface area contributed by atoms with E-state index in [9.17, 15) is 19.5 Å². The number of likely N-dealkylation sites (tertiary alicyclic amines) is 1. The van der Waals surface area contributed by atoms with Gasteiger partial charge in [-0.25, -0.2) is 0 Å². The minimum Gasteiger partial charge on any atom is -0.465 e. The summed E-state index contributed by atoms with van der Waals surface area (Å²) in [6.45, 7) is 12.5. The van der Waals surface area contributed by atoms with Gasteiger partial charge in [-0.3, -0.25) is 14.4 Å². The standard InChI is InChI=1S/C35H44N2O6/c1-5-7-21-42-33(41)29-28-31(39)37(19-12-8-9-13-20-38)30(35(28)23-24(3)34(29,4)43-35)32(40)36(18-6-2)27-17-16-25-14-10-11-15-26(25)22-27/h5-6,10-11,14-17,22,24,28-30,38H,1-2,7-9,12-13,18-21,23H2,3-4H3/t24?,28-,29+,30?,34-,35?/m0/s1. The minimum atomic E-state index is -1.15. The number of hydrogen-bond acceptors (Lipinski definition) is 6. The first-order chi connectivity index (χ1) is 20.7. The zero-order chi connectivity index (χ0) is 30.8. The molecule has 2 bridgehead atoms. The lowest BCUT2D eigenvalue weighted by Gasteiger charge is -2.37. The molecule has 6 atom stereocenters. The van der Waals surface area contributed by atoms with E-state index in [1.807, 2.05) is 56.3 Å². The number of anilines is 1. The lowest BCUT2D eigenvalue weighted by Crippen LogP contribution is -2.57. The molecule has 1 spiro atoms. The third-order valence-electron chi connectivity index (χ3n) is 9.80. The quantitative estimate of drug-likeness (QED) is 0.189. The lowest BCUT2D eigenvalue weighted by molar-refractivity contribution is -0.161. The number of esters is 1. The number of carbonyl (C=O) groups excluding carboxylic acids is 3. The van der Waals surface area contributed by atoms with Crippen molar-refractivity contribution in [3.63, 3.8) is 0 Å². The van der Waals surface area contributed by atoms with Crippen molar-refractivity contribution in [1.29, 1.82) is 0 Å². The zero-order valence-electron chi connectivity index (χ0n) is 25.4. The van der Waals surface area contributed by atoms with E-state index in [-0.39, 0.29) is 37.5 Å². The Hall–Kier alpha value is -3.49. The van der Waals surface area contributed by atoms with Crippen LogP contribution in [0.5, 0.6) is 0 Å². The Morgan fingerprint density at radius 1 is 1.12 bits per heavy atom. The molecule has 8 nitrogen and oxygen atoms in total. The van der Waals surface area contributed by atoms with Gasteiger partial charge < -0.3 is 24.4 Å². The van der Waals surface area contributed by atoms with Gasteiger partial charge >= 0.3 is 5.97 Å². The fraction of sp³-hybridized carbons (Fsp3) is 0.514. The topological polar surface area (TPSA) is 96.4 Å². The summed E-state index contributed by atoms with van der Waals surface area (Å²) in [6, 6.07) is 13.0. The maximum atomic E-state index is 14.8. The summed E-state index contributed by atoms with van der Waals surface area (Å²) < 4.78 is 12.5. The summed E-state index contributed by atoms with van der Waals surface area (Å²) in [7, 11) is 0. The van der Waals surface area contributed by atoms with Crippen LogP contribution in [0, 0.1) is 17.8 Å². The van der Waals surface area contributed by atoms with Gasteiger partial charge in [0.15, 0.2) is 0 Å². The minimum absolute atomic E-state index is 0.0677. The van der Waals surface area contributed by atoms with E-state index in [1.54, 1.807) is 22.0 Å². The van der Waals surface area contributed by atoms with Crippen LogP contribution in [-0.4, -0.2) is 71.3 Å². The fourth-order valence-electron chi connectivity index (χ4n) is 7.64. The third kappa shape index (κ3) is 5.29. The molecule has 2 amide bonds. The average molecular weight is 589 g/mol. The maximum Gasteiger partial charge on any atom is 0.312 e. The molecule has 5 rings (SSSR count). The number of nitrogens with zero attached hydrogens (tertiary/aromatic N) is 2. The van der Waals surface area contributed by atoms with E-state index in [2.05, 4.69) is 13.2 Å². The number of unbranched alkanes of at least 4 members (excludes halogenated alkanes) is 3. The van der Waals surface area contributed by atoms with Crippen molar-refractivity contribution in [3.05, 3.63) is 67.8 Å². The van der Waals surface area contributed by atoms with Crippen molar-refractivity contribution in [2.75, 3.05) is 31.2 Å². The first-order valence-electron chi connectivity index (χ1n) is 15.5. The van der Waals surface area contributed by atoms with Gasteiger partial charge in [-0.1, -0.05) is 62.2 Å². The van der Waals surface area contributed by atoms with E-state index in [1.165, 1.54) is 0 Å². The molecule has 0 saturated carbocycles. The molecule has 1 N–H and O–H groups in total. The second kappa shape index (κ2) is 12.6. The molecule has 0 aromatic heterocycles. The van der Waals surface area contributed by atoms with Crippen LogP contribution >= 0.6 is 0 Å². The molecule has 0 aliphatic carbocycles. The van der Waals surface area contributed by atoms with Crippen LogP contribution in [-0.2, 0) is 23.9 Å². The van der Waals surface area contributed by atoms with Crippen molar-refractivity contribution in [3.8, 4) is 0 Å². The van der Waals surface area contributed by atoms with Gasteiger partial charge in [-0.05, 0) is 61.4 Å². The lowest BCUT2D eigenvalue weighted by atomic mass is 9.62. The Balaban J connectivity index is 1.55. The summed E-state index contributed by atoms with van der Waals surface area (Å²) in [5.41, 5.74) is -1.36. The van der Waals surface area contributed by atoms with Crippen LogP contribution in [0.25, 0.3) is 10.8 Å². The van der Waals surface area contributed by atoms with Gasteiger partial charge in [0.05, 0.1) is 18.1 Å². The second-order valence-corrected chi connectivity index (χ2v) is 12.4. The highest BCUT2D eigenvalue weighted by Crippen LogP contribution is 2.65. The highest BCUT2D eigenvalue weighted by Gasteiger charge is 2.80. The van der Waals surface area contributed by atoms with Crippen molar-refractivity contribution < 1.29 is 29.0 Å². The number of fused-ring (bicyclic) bond motifs is 2. The fourth-order valence-corrected chi connectivity index (χ4v) is 7.64. The van der Waals surface area contributed by atoms with E-state index in [0.717, 1.165) is 23.6 Å². The SMILES string of the molecule is C=CCCOC(=O)[C@H]1[C@H]2C(=O)N(CCCCCCO)C(C(=O)N(CC=C)c3ccc4ccccc4c3)C23CC(C)[C@]1(C)O3. The van der Waals surface area contributed by atoms with Gasteiger partial charge in [0.1, 0.15) is 17.6 Å². The number of aliphatic hydroxyl groups is 1. The predicted octanol–water partition coefficient (Wildman–Crippen LogP) is 5.04. The molecule has 43 heavy (non-hydrogen) atoms. The number of aliphatic hydroxyl groups excluding tert-OH is 1. The summed E-state index contributed by atoms with van der Waals surface area (Å²) in [6.07, 6.45) is 7.39. The van der Waals surface area contributed by atoms with Crippen molar-refractivity contribution in [2.24, 2.45) is 17.8 Å². The van der Waals surface area contributed by atoms with Crippen LogP contribution in [0.3, 0.4) is 0 Å². The van der Waals surface area contributed by atoms with E-state index < -0.39 is 35.0 Å². The number of carbonyl (C=O) groups is 3. The Kier molecular flexibility index (Phi) is 9.09. The van der Waals surface area contributed by atoms with Gasteiger partial charge in [-0.15, -0.1) is 13.2 Å². The van der Waals surface area contributed by atoms with Crippen molar-refractivity contribution in [2.45, 2.75) is 69.6 Å². The molecule has 2 aromatic rings. The molecule has 2 aromatic carbocycles. The Labute approximate surface area is 254 Å². The van der Waals surface area contributed by atoms with Crippen LogP contribution in [0.2, 0.25) is 0 Å². The first-order valence-corrected chi connectivity index (χ1v) is 15.5. The van der Waals surface area contributed by atoms with E-state index >= 15 is 0 Å². The van der Waals surface area contributed by atoms with E-state index in [0.29, 0.717) is 37.9 Å². The monoisotopic (exact) mass is 588 g/mol. The second-order valence-electron chi connectivity index (χ2n) is 12.4. The van der Waals surface area contributed by atoms with Crippen LogP contribution in [0.1, 0.15) is 52.4 Å². The average Bonchev–Trinajstić information content (AvgIpc) is 3.51. The number of rotatable bonds is 14. The highest BCUT2D eigenvalue weighted by molar-refractivity contribution is 6.05. The highest BCUT2D eigenvalue weighted by atomic mass is 16.6. The predicted molar refractivity (Wildman–Crippen MR) is 166 cm³/mol. The smallest absolute Gasteiger partial charge is 0.312 e. The molecule has 230 valence electrons. The molecule has 3 heterocycles. The molecule has 8 heteroatoms. The molecule has 0 radical (unpaired) electrons. The summed E-state index contributed by atoms with van der Waals surface area (Å²) in [5, 5.41) is 11.3. The molecular weight excluding hydrogens is 544 g/mol. The first kappa shape index (κ1) is 31.0. The number of amides is 2. The van der Waals surface area contributed by atoms with Crippen molar-refractivity contribution >= 4 is 34.2 Å². The Bertz CT molecular complexity index is 1390. The molecule has 3 aliphatic heterocycles. The summed E-state index contributed by atoms with van der Waals surface area (Å²) in [5.74, 6) is -2.60. The molecule has 3 fully saturated rings. The molecule has 3 unspecified atom stereocenters. The molecular formula is C35H44N2O6. The molecule has 3 saturated heterocycles. The van der Waals surface area contributed by atoms with Gasteiger partial charge in [-0.2, -0.15) is 0 Å². The zero-order valence-corrected chi connectivity index (χ0v) is 25.4.